The van der Waals surface area contributed by atoms with Gasteiger partial charge in [0.1, 0.15) is 0 Å². The van der Waals surface area contributed by atoms with Gasteiger partial charge in [-0.25, -0.2) is 8.42 Å². The third kappa shape index (κ3) is 12.6. The molecule has 2 atom stereocenters. The third-order valence-corrected chi connectivity index (χ3v) is 4.71. The first-order valence-electron chi connectivity index (χ1n) is 7.54. The van der Waals surface area contributed by atoms with Gasteiger partial charge in [-0.15, -0.1) is 0 Å². The molecule has 1 N–H and O–H groups in total. The average molecular weight is 316 g/mol. The molecule has 6 heteroatoms. The number of unbranched alkanes of at least 4 members (excludes halogenated alkanes) is 5. The van der Waals surface area contributed by atoms with Gasteiger partial charge >= 0.3 is 29.6 Å². The first kappa shape index (κ1) is 23.1. The fraction of sp³-hybridized carbons (Fsp3) is 1.00. The molecular formula is C14H29NaO4S. The van der Waals surface area contributed by atoms with Crippen molar-refractivity contribution in [2.75, 3.05) is 0 Å². The van der Waals surface area contributed by atoms with Gasteiger partial charge in [0, 0.05) is 0 Å². The summed E-state index contributed by atoms with van der Waals surface area (Å²) in [4.78, 5) is 0. The van der Waals surface area contributed by atoms with E-state index in [1.165, 1.54) is 12.8 Å². The zero-order chi connectivity index (χ0) is 14.7. The van der Waals surface area contributed by atoms with Gasteiger partial charge in [-0.1, -0.05) is 58.8 Å². The summed E-state index contributed by atoms with van der Waals surface area (Å²) < 4.78 is 33.4. The van der Waals surface area contributed by atoms with Crippen molar-refractivity contribution in [1.29, 1.82) is 0 Å². The van der Waals surface area contributed by atoms with Crippen LogP contribution in [0.2, 0.25) is 0 Å². The van der Waals surface area contributed by atoms with Crippen LogP contribution in [0.3, 0.4) is 0 Å². The quantitative estimate of drug-likeness (QED) is 0.317. The van der Waals surface area contributed by atoms with Gasteiger partial charge in [0.05, 0.1) is 21.5 Å². The van der Waals surface area contributed by atoms with E-state index in [2.05, 4.69) is 6.92 Å². The van der Waals surface area contributed by atoms with E-state index in [0.29, 0.717) is 12.8 Å². The van der Waals surface area contributed by atoms with Crippen LogP contribution in [0.4, 0.5) is 0 Å². The van der Waals surface area contributed by atoms with Crippen LogP contribution >= 0.6 is 0 Å². The predicted molar refractivity (Wildman–Crippen MR) is 77.0 cm³/mol. The van der Waals surface area contributed by atoms with Crippen LogP contribution in [0, 0.1) is 0 Å². The van der Waals surface area contributed by atoms with Crippen LogP contribution < -0.4 is 29.6 Å². The summed E-state index contributed by atoms with van der Waals surface area (Å²) in [5.74, 6) is 0. The van der Waals surface area contributed by atoms with Crippen molar-refractivity contribution in [2.45, 2.75) is 89.4 Å². The molecule has 0 bridgehead atoms. The van der Waals surface area contributed by atoms with Crippen LogP contribution in [0.1, 0.15) is 78.1 Å². The Labute approximate surface area is 146 Å². The third-order valence-electron chi connectivity index (χ3n) is 3.46. The number of aliphatic hydroxyl groups excluding tert-OH is 1. The summed E-state index contributed by atoms with van der Waals surface area (Å²) in [5.41, 5.74) is 0. The maximum atomic E-state index is 11.1. The molecule has 0 fully saturated rings. The molecule has 0 aliphatic carbocycles. The maximum Gasteiger partial charge on any atom is 1.00 e. The van der Waals surface area contributed by atoms with Crippen molar-refractivity contribution in [3.05, 3.63) is 0 Å². The molecule has 0 aromatic carbocycles. The van der Waals surface area contributed by atoms with Crippen LogP contribution in [0.5, 0.6) is 0 Å². The SMILES string of the molecule is CCCCCCCC(O)CC(CCCC)S(=O)(=O)[O-].[Na+]. The van der Waals surface area contributed by atoms with E-state index < -0.39 is 21.5 Å². The standard InChI is InChI=1S/C14H30O4S.Na/c1-3-5-7-8-9-10-13(15)12-14(11-6-4-2)19(16,17)18;/h13-15H,3-12H2,1-2H3,(H,16,17,18);/q;+1/p-1. The summed E-state index contributed by atoms with van der Waals surface area (Å²) >= 11 is 0. The monoisotopic (exact) mass is 316 g/mol. The Bertz CT molecular complexity index is 306. The zero-order valence-corrected chi connectivity index (χ0v) is 16.1. The summed E-state index contributed by atoms with van der Waals surface area (Å²) in [6.07, 6.45) is 7.48. The van der Waals surface area contributed by atoms with E-state index in [-0.39, 0.29) is 36.0 Å². The Hall–Kier alpha value is 0.870. The first-order valence-corrected chi connectivity index (χ1v) is 9.01. The Morgan fingerprint density at radius 3 is 2.00 bits per heavy atom. The number of hydrogen-bond donors (Lipinski definition) is 1. The molecule has 0 saturated carbocycles. The van der Waals surface area contributed by atoms with Crippen molar-refractivity contribution in [3.8, 4) is 0 Å². The summed E-state index contributed by atoms with van der Waals surface area (Å²) in [6, 6.07) is 0. The Kier molecular flexibility index (Phi) is 15.7. The molecule has 0 aromatic heterocycles. The number of hydrogen-bond acceptors (Lipinski definition) is 4. The Balaban J connectivity index is 0. The van der Waals surface area contributed by atoms with Gasteiger partial charge in [0.15, 0.2) is 0 Å². The number of aliphatic hydroxyl groups is 1. The van der Waals surface area contributed by atoms with E-state index >= 15 is 0 Å². The molecule has 0 rings (SSSR count). The van der Waals surface area contributed by atoms with Gasteiger partial charge < -0.3 is 9.66 Å². The van der Waals surface area contributed by atoms with E-state index in [4.69, 9.17) is 0 Å². The van der Waals surface area contributed by atoms with Crippen LogP contribution in [-0.4, -0.2) is 29.4 Å². The fourth-order valence-electron chi connectivity index (χ4n) is 2.22. The second-order valence-corrected chi connectivity index (χ2v) is 7.00. The number of rotatable bonds is 12. The van der Waals surface area contributed by atoms with E-state index in [1.807, 2.05) is 6.92 Å². The first-order chi connectivity index (χ1) is 8.91. The molecule has 0 spiro atoms. The molecule has 0 aliphatic rings. The normalized spacial score (nSPS) is 14.6. The average Bonchev–Trinajstić information content (AvgIpc) is 2.32. The molecule has 0 amide bonds. The summed E-state index contributed by atoms with van der Waals surface area (Å²) in [5, 5.41) is 8.92. The van der Waals surface area contributed by atoms with Crippen LogP contribution in [-0.2, 0) is 10.1 Å². The largest absolute Gasteiger partial charge is 1.00 e. The fourth-order valence-corrected chi connectivity index (χ4v) is 3.13. The van der Waals surface area contributed by atoms with Crippen LogP contribution in [0.15, 0.2) is 0 Å². The van der Waals surface area contributed by atoms with E-state index in [0.717, 1.165) is 32.1 Å². The Morgan fingerprint density at radius 1 is 0.950 bits per heavy atom. The molecule has 0 aliphatic heterocycles. The van der Waals surface area contributed by atoms with E-state index in [9.17, 15) is 18.1 Å². The minimum absolute atomic E-state index is 0. The second kappa shape index (κ2) is 13.5. The minimum atomic E-state index is -4.28. The topological polar surface area (TPSA) is 77.4 Å². The molecule has 0 aromatic rings. The van der Waals surface area contributed by atoms with Gasteiger partial charge in [0.2, 0.25) is 0 Å². The summed E-state index contributed by atoms with van der Waals surface area (Å²) in [6.45, 7) is 4.10. The predicted octanol–water partition coefficient (Wildman–Crippen LogP) is 0.206. The van der Waals surface area contributed by atoms with Crippen LogP contribution in [0.25, 0.3) is 0 Å². The molecule has 4 nitrogen and oxygen atoms in total. The molecule has 2 unspecified atom stereocenters. The molecule has 116 valence electrons. The van der Waals surface area contributed by atoms with Crippen molar-refractivity contribution < 1.29 is 47.6 Å². The van der Waals surface area contributed by atoms with E-state index in [1.54, 1.807) is 0 Å². The van der Waals surface area contributed by atoms with Crippen molar-refractivity contribution in [2.24, 2.45) is 0 Å². The second-order valence-electron chi connectivity index (χ2n) is 5.35. The van der Waals surface area contributed by atoms with Gasteiger partial charge in [-0.05, 0) is 19.3 Å². The molecule has 0 radical (unpaired) electrons. The maximum absolute atomic E-state index is 11.1. The molecule has 20 heavy (non-hydrogen) atoms. The van der Waals surface area contributed by atoms with Crippen molar-refractivity contribution in [1.82, 2.24) is 0 Å². The van der Waals surface area contributed by atoms with Gasteiger partial charge in [0.25, 0.3) is 0 Å². The van der Waals surface area contributed by atoms with Crippen molar-refractivity contribution >= 4 is 10.1 Å². The minimum Gasteiger partial charge on any atom is -0.748 e. The summed E-state index contributed by atoms with van der Waals surface area (Å²) in [7, 11) is -4.28. The molecule has 0 saturated heterocycles. The smallest absolute Gasteiger partial charge is 0.748 e. The Morgan fingerprint density at radius 2 is 1.50 bits per heavy atom. The van der Waals surface area contributed by atoms with Crippen molar-refractivity contribution in [3.63, 3.8) is 0 Å². The van der Waals surface area contributed by atoms with Gasteiger partial charge in [-0.3, -0.25) is 0 Å². The molecule has 0 heterocycles. The van der Waals surface area contributed by atoms with Gasteiger partial charge in [-0.2, -0.15) is 0 Å². The molecular weight excluding hydrogens is 287 g/mol. The zero-order valence-electron chi connectivity index (χ0n) is 13.3.